The third-order valence-electron chi connectivity index (χ3n) is 5.08. The Balaban J connectivity index is 1.81. The van der Waals surface area contributed by atoms with Gasteiger partial charge in [0, 0.05) is 17.1 Å². The number of benzene rings is 2. The molecule has 1 N–H and O–H groups in total. The number of nitrogens with zero attached hydrogens (tertiary/aromatic N) is 1. The highest BCUT2D eigenvalue weighted by molar-refractivity contribution is 9.10. The predicted molar refractivity (Wildman–Crippen MR) is 104 cm³/mol. The molecule has 1 aliphatic heterocycles. The van der Waals surface area contributed by atoms with Crippen LogP contribution >= 0.6 is 15.9 Å². The van der Waals surface area contributed by atoms with Crippen molar-refractivity contribution in [1.29, 1.82) is 0 Å². The molecule has 2 aromatic rings. The van der Waals surface area contributed by atoms with Crippen molar-refractivity contribution in [2.75, 3.05) is 6.54 Å². The lowest BCUT2D eigenvalue weighted by atomic mass is 9.85. The summed E-state index contributed by atoms with van der Waals surface area (Å²) in [4.78, 5) is 1.92. The second kappa shape index (κ2) is 8.01. The Morgan fingerprint density at radius 1 is 1.31 bits per heavy atom. The molecule has 0 bridgehead atoms. The van der Waals surface area contributed by atoms with Gasteiger partial charge in [-0.2, -0.15) is 0 Å². The lowest BCUT2D eigenvalue weighted by Crippen LogP contribution is -2.51. The first-order valence-corrected chi connectivity index (χ1v) is 9.48. The molecule has 3 rings (SSSR count). The normalized spacial score (nSPS) is 25.0. The van der Waals surface area contributed by atoms with E-state index in [2.05, 4.69) is 22.5 Å². The molecule has 0 saturated carbocycles. The SMILES string of the molecule is C=CCC1(c2ccc(F)cc2)CCN(C(C)c2ccc(Br)cc2)C(O)O1. The summed E-state index contributed by atoms with van der Waals surface area (Å²) in [5.74, 6) is -0.288. The fourth-order valence-electron chi connectivity index (χ4n) is 3.53. The fourth-order valence-corrected chi connectivity index (χ4v) is 3.80. The van der Waals surface area contributed by atoms with E-state index in [0.717, 1.165) is 15.6 Å². The maximum atomic E-state index is 13.3. The van der Waals surface area contributed by atoms with E-state index in [4.69, 9.17) is 4.74 Å². The molecule has 0 spiro atoms. The molecule has 1 aliphatic rings. The van der Waals surface area contributed by atoms with Gasteiger partial charge in [-0.3, -0.25) is 0 Å². The molecular formula is C21H23BrFNO2. The zero-order valence-electron chi connectivity index (χ0n) is 14.7. The lowest BCUT2D eigenvalue weighted by Gasteiger charge is -2.46. The first-order valence-electron chi connectivity index (χ1n) is 8.69. The van der Waals surface area contributed by atoms with Gasteiger partial charge in [0.2, 0.25) is 6.41 Å². The average molecular weight is 420 g/mol. The van der Waals surface area contributed by atoms with Crippen molar-refractivity contribution >= 4 is 15.9 Å². The summed E-state index contributed by atoms with van der Waals surface area (Å²) in [5.41, 5.74) is 1.27. The Morgan fingerprint density at radius 3 is 2.54 bits per heavy atom. The highest BCUT2D eigenvalue weighted by Gasteiger charge is 2.42. The summed E-state index contributed by atoms with van der Waals surface area (Å²) in [6, 6.07) is 14.3. The molecule has 0 amide bonds. The van der Waals surface area contributed by atoms with Gasteiger partial charge >= 0.3 is 0 Å². The molecule has 2 aromatic carbocycles. The van der Waals surface area contributed by atoms with Gasteiger partial charge in [0.25, 0.3) is 0 Å². The van der Waals surface area contributed by atoms with Gasteiger partial charge in [-0.1, -0.05) is 46.3 Å². The number of rotatable bonds is 5. The quantitative estimate of drug-likeness (QED) is 0.682. The number of ether oxygens (including phenoxy) is 1. The summed E-state index contributed by atoms with van der Waals surface area (Å²) >= 11 is 3.44. The van der Waals surface area contributed by atoms with E-state index in [-0.39, 0.29) is 11.9 Å². The van der Waals surface area contributed by atoms with Gasteiger partial charge in [-0.05, 0) is 55.2 Å². The first-order chi connectivity index (χ1) is 12.4. The molecule has 1 heterocycles. The Bertz CT molecular complexity index is 750. The van der Waals surface area contributed by atoms with Crippen molar-refractivity contribution in [3.05, 3.63) is 82.6 Å². The minimum absolute atomic E-state index is 0.00745. The van der Waals surface area contributed by atoms with Gasteiger partial charge < -0.3 is 9.84 Å². The zero-order valence-corrected chi connectivity index (χ0v) is 16.3. The summed E-state index contributed by atoms with van der Waals surface area (Å²) in [7, 11) is 0. The largest absolute Gasteiger partial charge is 0.356 e. The molecule has 0 aliphatic carbocycles. The fraction of sp³-hybridized carbons (Fsp3) is 0.333. The van der Waals surface area contributed by atoms with E-state index >= 15 is 0 Å². The van der Waals surface area contributed by atoms with Crippen LogP contribution in [0.15, 0.2) is 65.7 Å². The van der Waals surface area contributed by atoms with Crippen LogP contribution in [0.5, 0.6) is 0 Å². The Kier molecular flexibility index (Phi) is 5.92. The maximum absolute atomic E-state index is 13.3. The Morgan fingerprint density at radius 2 is 1.96 bits per heavy atom. The standard InChI is InChI=1S/C21H23BrFNO2/c1-3-12-21(17-6-10-19(23)11-7-17)13-14-24(20(25)26-21)15(2)16-4-8-18(22)9-5-16/h3-11,15,20,25H,1,12-14H2,2H3. The van der Waals surface area contributed by atoms with Gasteiger partial charge in [-0.25, -0.2) is 9.29 Å². The highest BCUT2D eigenvalue weighted by atomic mass is 79.9. The summed E-state index contributed by atoms with van der Waals surface area (Å²) in [6.45, 7) is 6.53. The predicted octanol–water partition coefficient (Wildman–Crippen LogP) is 5.12. The molecular weight excluding hydrogens is 397 g/mol. The van der Waals surface area contributed by atoms with E-state index < -0.39 is 12.0 Å². The van der Waals surface area contributed by atoms with E-state index in [0.29, 0.717) is 19.4 Å². The molecule has 138 valence electrons. The lowest BCUT2D eigenvalue weighted by molar-refractivity contribution is -0.295. The topological polar surface area (TPSA) is 32.7 Å². The van der Waals surface area contributed by atoms with Crippen LogP contribution in [-0.2, 0) is 10.3 Å². The van der Waals surface area contributed by atoms with Gasteiger partial charge in [-0.15, -0.1) is 6.58 Å². The molecule has 0 aromatic heterocycles. The van der Waals surface area contributed by atoms with E-state index in [1.54, 1.807) is 18.2 Å². The highest BCUT2D eigenvalue weighted by Crippen LogP contribution is 2.41. The number of hydrogen-bond acceptors (Lipinski definition) is 3. The van der Waals surface area contributed by atoms with Crippen LogP contribution in [-0.4, -0.2) is 23.0 Å². The maximum Gasteiger partial charge on any atom is 0.217 e. The number of aliphatic hydroxyl groups is 1. The molecule has 5 heteroatoms. The Hall–Kier alpha value is -1.53. The van der Waals surface area contributed by atoms with Crippen LogP contribution in [0.25, 0.3) is 0 Å². The van der Waals surface area contributed by atoms with Gasteiger partial charge in [0.05, 0.1) is 0 Å². The Labute approximate surface area is 162 Å². The first kappa shape index (κ1) is 19.2. The van der Waals surface area contributed by atoms with E-state index in [9.17, 15) is 9.50 Å². The molecule has 3 nitrogen and oxygen atoms in total. The van der Waals surface area contributed by atoms with E-state index in [1.807, 2.05) is 36.1 Å². The summed E-state index contributed by atoms with van der Waals surface area (Å²) < 4.78 is 20.4. The second-order valence-corrected chi connectivity index (χ2v) is 7.57. The van der Waals surface area contributed by atoms with Crippen LogP contribution in [0.1, 0.15) is 36.9 Å². The molecule has 26 heavy (non-hydrogen) atoms. The average Bonchev–Trinajstić information content (AvgIpc) is 2.63. The number of halogens is 2. The van der Waals surface area contributed by atoms with Crippen molar-refractivity contribution in [3.8, 4) is 0 Å². The van der Waals surface area contributed by atoms with E-state index in [1.165, 1.54) is 12.1 Å². The van der Waals surface area contributed by atoms with Crippen molar-refractivity contribution in [2.24, 2.45) is 0 Å². The monoisotopic (exact) mass is 419 g/mol. The van der Waals surface area contributed by atoms with Crippen molar-refractivity contribution in [2.45, 2.75) is 37.8 Å². The van der Waals surface area contributed by atoms with Crippen LogP contribution in [0.3, 0.4) is 0 Å². The molecule has 0 radical (unpaired) electrons. The van der Waals surface area contributed by atoms with Crippen LogP contribution in [0.4, 0.5) is 4.39 Å². The smallest absolute Gasteiger partial charge is 0.217 e. The summed E-state index contributed by atoms with van der Waals surface area (Å²) in [6.07, 6.45) is 1.97. The van der Waals surface area contributed by atoms with Crippen LogP contribution < -0.4 is 0 Å². The van der Waals surface area contributed by atoms with Crippen molar-refractivity contribution in [1.82, 2.24) is 4.90 Å². The minimum atomic E-state index is -1.05. The van der Waals surface area contributed by atoms with Crippen molar-refractivity contribution < 1.29 is 14.2 Å². The third kappa shape index (κ3) is 3.91. The van der Waals surface area contributed by atoms with Crippen LogP contribution in [0.2, 0.25) is 0 Å². The van der Waals surface area contributed by atoms with Gasteiger partial charge in [0.15, 0.2) is 0 Å². The molecule has 3 atom stereocenters. The van der Waals surface area contributed by atoms with Gasteiger partial charge in [0.1, 0.15) is 11.4 Å². The molecule has 1 saturated heterocycles. The molecule has 1 fully saturated rings. The summed E-state index contributed by atoms with van der Waals surface area (Å²) in [5, 5.41) is 10.7. The third-order valence-corrected chi connectivity index (χ3v) is 5.61. The van der Waals surface area contributed by atoms with Crippen LogP contribution in [0, 0.1) is 5.82 Å². The molecule has 3 unspecified atom stereocenters. The number of aliphatic hydroxyl groups excluding tert-OH is 1. The zero-order chi connectivity index (χ0) is 18.7. The van der Waals surface area contributed by atoms with Crippen molar-refractivity contribution in [3.63, 3.8) is 0 Å². The second-order valence-electron chi connectivity index (χ2n) is 6.65. The minimum Gasteiger partial charge on any atom is -0.356 e. The number of hydrogen-bond donors (Lipinski definition) is 1.